The van der Waals surface area contributed by atoms with Crippen LogP contribution in [0.3, 0.4) is 0 Å². The molecule has 1 amide bonds. The van der Waals surface area contributed by atoms with Crippen LogP contribution in [0.2, 0.25) is 5.02 Å². The number of hydrogen-bond donors (Lipinski definition) is 2. The molecule has 0 aliphatic heterocycles. The first kappa shape index (κ1) is 21.3. The molecule has 3 rings (SSSR count). The van der Waals surface area contributed by atoms with Gasteiger partial charge in [0.1, 0.15) is 0 Å². The molecule has 1 unspecified atom stereocenters. The molecule has 3 aromatic rings. The van der Waals surface area contributed by atoms with Crippen LogP contribution in [0.15, 0.2) is 53.8 Å². The van der Waals surface area contributed by atoms with Crippen LogP contribution < -0.4 is 11.1 Å². The van der Waals surface area contributed by atoms with Crippen molar-refractivity contribution in [2.45, 2.75) is 26.8 Å². The summed E-state index contributed by atoms with van der Waals surface area (Å²) in [5.74, 6) is 0.488. The smallest absolute Gasteiger partial charge is 0.261 e. The number of amidine groups is 1. The molecule has 1 aromatic carbocycles. The van der Waals surface area contributed by atoms with Gasteiger partial charge in [0.05, 0.1) is 11.7 Å². The maximum Gasteiger partial charge on any atom is 0.261 e. The van der Waals surface area contributed by atoms with E-state index in [4.69, 9.17) is 22.2 Å². The molecule has 0 saturated carbocycles. The minimum atomic E-state index is -0.313. The molecule has 2 aromatic heterocycles. The number of aryl methyl sites for hydroxylation is 2. The number of rotatable bonds is 7. The molecule has 0 aliphatic carbocycles. The second kappa shape index (κ2) is 9.41. The summed E-state index contributed by atoms with van der Waals surface area (Å²) in [5, 5.41) is 11.7. The van der Waals surface area contributed by atoms with Crippen molar-refractivity contribution in [1.82, 2.24) is 20.1 Å². The summed E-state index contributed by atoms with van der Waals surface area (Å²) in [7, 11) is 0. The second-order valence-corrected chi connectivity index (χ2v) is 7.27. The Kier molecular flexibility index (Phi) is 6.68. The Morgan fingerprint density at radius 2 is 2.00 bits per heavy atom. The maximum atomic E-state index is 12.1. The second-order valence-electron chi connectivity index (χ2n) is 6.83. The van der Waals surface area contributed by atoms with Crippen molar-refractivity contribution in [2.75, 3.05) is 6.61 Å². The van der Waals surface area contributed by atoms with Gasteiger partial charge in [-0.15, -0.1) is 0 Å². The molecule has 1 atom stereocenters. The lowest BCUT2D eigenvalue weighted by Crippen LogP contribution is -2.30. The molecular formula is C21H23ClN6O2. The fraction of sp³-hybridized carbons (Fsp3) is 0.238. The zero-order valence-corrected chi connectivity index (χ0v) is 17.7. The minimum Gasteiger partial charge on any atom is -0.384 e. The quantitative estimate of drug-likeness (QED) is 0.343. The number of nitrogens with two attached hydrogens (primary N) is 1. The van der Waals surface area contributed by atoms with Crippen molar-refractivity contribution < 1.29 is 9.63 Å². The number of nitrogens with one attached hydrogen (secondary N) is 1. The summed E-state index contributed by atoms with van der Waals surface area (Å²) >= 11 is 5.88. The Bertz CT molecular complexity index is 1040. The molecule has 2 heterocycles. The van der Waals surface area contributed by atoms with Crippen LogP contribution >= 0.6 is 11.6 Å². The van der Waals surface area contributed by atoms with Crippen LogP contribution in [0.1, 0.15) is 35.5 Å². The van der Waals surface area contributed by atoms with Crippen LogP contribution in [0.5, 0.6) is 0 Å². The van der Waals surface area contributed by atoms with Gasteiger partial charge in [0, 0.05) is 22.5 Å². The summed E-state index contributed by atoms with van der Waals surface area (Å²) < 4.78 is 1.75. The zero-order valence-electron chi connectivity index (χ0n) is 17.0. The summed E-state index contributed by atoms with van der Waals surface area (Å²) in [6, 6.07) is 12.6. The normalized spacial score (nSPS) is 12.5. The molecule has 3 N–H and O–H groups in total. The first-order valence-electron chi connectivity index (χ1n) is 9.34. The van der Waals surface area contributed by atoms with Gasteiger partial charge >= 0.3 is 0 Å². The molecule has 0 saturated heterocycles. The van der Waals surface area contributed by atoms with Crippen molar-refractivity contribution in [1.29, 1.82) is 0 Å². The van der Waals surface area contributed by atoms with E-state index >= 15 is 0 Å². The van der Waals surface area contributed by atoms with E-state index in [1.54, 1.807) is 35.1 Å². The Balaban J connectivity index is 1.53. The topological polar surface area (TPSA) is 107 Å². The Morgan fingerprint density at radius 1 is 1.27 bits per heavy atom. The number of halogens is 1. The predicted octanol–water partition coefficient (Wildman–Crippen LogP) is 3.05. The maximum absolute atomic E-state index is 12.1. The van der Waals surface area contributed by atoms with E-state index in [0.717, 1.165) is 17.0 Å². The zero-order chi connectivity index (χ0) is 21.7. The van der Waals surface area contributed by atoms with Gasteiger partial charge in [0.15, 0.2) is 18.3 Å². The number of amides is 1. The van der Waals surface area contributed by atoms with Gasteiger partial charge in [0.25, 0.3) is 5.91 Å². The largest absolute Gasteiger partial charge is 0.384 e. The Hall–Kier alpha value is -3.39. The molecular weight excluding hydrogens is 404 g/mol. The third-order valence-corrected chi connectivity index (χ3v) is 4.63. The molecule has 0 fully saturated rings. The molecule has 30 heavy (non-hydrogen) atoms. The Morgan fingerprint density at radius 3 is 2.60 bits per heavy atom. The van der Waals surface area contributed by atoms with Gasteiger partial charge in [-0.05, 0) is 56.7 Å². The lowest BCUT2D eigenvalue weighted by molar-refractivity contribution is -0.126. The van der Waals surface area contributed by atoms with Crippen molar-refractivity contribution in [2.24, 2.45) is 10.9 Å². The highest BCUT2D eigenvalue weighted by Crippen LogP contribution is 2.16. The van der Waals surface area contributed by atoms with Gasteiger partial charge < -0.3 is 15.9 Å². The van der Waals surface area contributed by atoms with E-state index in [9.17, 15) is 4.79 Å². The van der Waals surface area contributed by atoms with Gasteiger partial charge in [-0.3, -0.25) is 4.79 Å². The van der Waals surface area contributed by atoms with E-state index in [1.807, 2.05) is 39.0 Å². The SMILES string of the molecule is Cc1cc(C)n(-c2ccc(/C(N)=N\OCC(=O)NC(C)c3ccc(Cl)cc3)cn2)n1. The monoisotopic (exact) mass is 426 g/mol. The average molecular weight is 427 g/mol. The van der Waals surface area contributed by atoms with E-state index in [0.29, 0.717) is 16.4 Å². The van der Waals surface area contributed by atoms with E-state index in [1.165, 1.54) is 0 Å². The summed E-state index contributed by atoms with van der Waals surface area (Å²) in [6.07, 6.45) is 1.58. The number of pyridine rings is 1. The van der Waals surface area contributed by atoms with Crippen molar-refractivity contribution >= 4 is 23.3 Å². The highest BCUT2D eigenvalue weighted by Gasteiger charge is 2.11. The molecule has 0 bridgehead atoms. The molecule has 0 spiro atoms. The molecule has 156 valence electrons. The number of hydrogen-bond acceptors (Lipinski definition) is 5. The van der Waals surface area contributed by atoms with Crippen LogP contribution in [0, 0.1) is 13.8 Å². The first-order chi connectivity index (χ1) is 14.3. The third kappa shape index (κ3) is 5.36. The minimum absolute atomic E-state index is 0.126. The Labute approximate surface area is 179 Å². The average Bonchev–Trinajstić information content (AvgIpc) is 3.06. The van der Waals surface area contributed by atoms with Gasteiger partial charge in [0.2, 0.25) is 0 Å². The van der Waals surface area contributed by atoms with Crippen LogP contribution in [0.4, 0.5) is 0 Å². The van der Waals surface area contributed by atoms with Crippen molar-refractivity contribution in [3.63, 3.8) is 0 Å². The standard InChI is InChI=1S/C21H23ClN6O2/c1-13-10-14(2)28(26-13)19-9-6-17(11-24-19)21(23)27-30-12-20(29)25-15(3)16-4-7-18(22)8-5-16/h4-11,15H,12H2,1-3H3,(H2,23,27)(H,25,29). The van der Waals surface area contributed by atoms with Crippen LogP contribution in [-0.4, -0.2) is 33.1 Å². The predicted molar refractivity (Wildman–Crippen MR) is 116 cm³/mol. The van der Waals surface area contributed by atoms with Gasteiger partial charge in [-0.1, -0.05) is 28.9 Å². The molecule has 8 nitrogen and oxygen atoms in total. The highest BCUT2D eigenvalue weighted by atomic mass is 35.5. The number of nitrogens with zero attached hydrogens (tertiary/aromatic N) is 4. The van der Waals surface area contributed by atoms with E-state index < -0.39 is 0 Å². The number of benzene rings is 1. The summed E-state index contributed by atoms with van der Waals surface area (Å²) in [4.78, 5) is 21.5. The first-order valence-corrected chi connectivity index (χ1v) is 9.71. The van der Waals surface area contributed by atoms with Crippen molar-refractivity contribution in [3.8, 4) is 5.82 Å². The fourth-order valence-corrected chi connectivity index (χ4v) is 2.98. The molecule has 0 radical (unpaired) electrons. The van der Waals surface area contributed by atoms with Gasteiger partial charge in [-0.2, -0.15) is 5.10 Å². The fourth-order valence-electron chi connectivity index (χ4n) is 2.85. The van der Waals surface area contributed by atoms with E-state index in [-0.39, 0.29) is 24.4 Å². The van der Waals surface area contributed by atoms with Crippen LogP contribution in [-0.2, 0) is 9.63 Å². The summed E-state index contributed by atoms with van der Waals surface area (Å²) in [5.41, 5.74) is 9.34. The van der Waals surface area contributed by atoms with E-state index in [2.05, 4.69) is 20.6 Å². The van der Waals surface area contributed by atoms with Crippen LogP contribution in [0.25, 0.3) is 5.82 Å². The lowest BCUT2D eigenvalue weighted by Gasteiger charge is -2.14. The molecule has 0 aliphatic rings. The highest BCUT2D eigenvalue weighted by molar-refractivity contribution is 6.30. The third-order valence-electron chi connectivity index (χ3n) is 4.38. The van der Waals surface area contributed by atoms with Gasteiger partial charge in [-0.25, -0.2) is 9.67 Å². The lowest BCUT2D eigenvalue weighted by atomic mass is 10.1. The number of carbonyl (C=O) groups is 1. The number of oxime groups is 1. The van der Waals surface area contributed by atoms with Crippen molar-refractivity contribution in [3.05, 3.63) is 76.2 Å². The molecule has 9 heteroatoms. The summed E-state index contributed by atoms with van der Waals surface area (Å²) in [6.45, 7) is 5.50. The number of aromatic nitrogens is 3. The number of carbonyl (C=O) groups excluding carboxylic acids is 1.